The Balaban J connectivity index is 2.43. The molecule has 26 heavy (non-hydrogen) atoms. The summed E-state index contributed by atoms with van der Waals surface area (Å²) < 4.78 is 0. The predicted molar refractivity (Wildman–Crippen MR) is 107 cm³/mol. The van der Waals surface area contributed by atoms with Crippen molar-refractivity contribution in [2.24, 2.45) is 4.99 Å². The lowest BCUT2D eigenvalue weighted by Crippen LogP contribution is -2.50. The molecule has 1 aliphatic heterocycles. The molecule has 1 amide bonds. The van der Waals surface area contributed by atoms with Crippen LogP contribution in [0.4, 0.5) is 0 Å². The van der Waals surface area contributed by atoms with Crippen molar-refractivity contribution in [2.45, 2.75) is 59.0 Å². The van der Waals surface area contributed by atoms with Crippen molar-refractivity contribution in [1.29, 1.82) is 0 Å². The molecule has 0 unspecified atom stereocenters. The maximum atomic E-state index is 11.4. The Bertz CT molecular complexity index is 428. The van der Waals surface area contributed by atoms with Crippen LogP contribution in [0.3, 0.4) is 0 Å². The zero-order chi connectivity index (χ0) is 19.4. The van der Waals surface area contributed by atoms with Gasteiger partial charge in [0, 0.05) is 52.7 Å². The van der Waals surface area contributed by atoms with Crippen molar-refractivity contribution < 1.29 is 9.90 Å². The van der Waals surface area contributed by atoms with Crippen LogP contribution in [-0.4, -0.2) is 84.7 Å². The number of amides is 1. The molecule has 3 N–H and O–H groups in total. The fourth-order valence-corrected chi connectivity index (χ4v) is 3.40. The molecule has 0 bridgehead atoms. The van der Waals surface area contributed by atoms with Gasteiger partial charge in [-0.05, 0) is 19.8 Å². The third-order valence-corrected chi connectivity index (χ3v) is 4.84. The number of guanidine groups is 1. The Morgan fingerprint density at radius 1 is 1.08 bits per heavy atom. The summed E-state index contributed by atoms with van der Waals surface area (Å²) in [5.41, 5.74) is -0.700. The largest absolute Gasteiger partial charge is 0.388 e. The van der Waals surface area contributed by atoms with Gasteiger partial charge in [0.05, 0.1) is 12.1 Å². The molecule has 0 aromatic carbocycles. The van der Waals surface area contributed by atoms with Crippen molar-refractivity contribution in [1.82, 2.24) is 20.4 Å². The molecule has 152 valence electrons. The Labute approximate surface area is 159 Å². The number of nitrogens with zero attached hydrogens (tertiary/aromatic N) is 3. The standard InChI is InChI=1S/C19H39N5O2/c1-5-8-19(26,9-6-2)16-22-18(20-7-3)21-10-11-23-12-14-24(15-13-23)17(4)25/h26H,5-16H2,1-4H3,(H2,20,21,22). The SMILES string of the molecule is CCCC(O)(CCC)CN=C(NCC)NCCN1CCN(C(C)=O)CC1. The molecule has 7 heteroatoms. The van der Waals surface area contributed by atoms with Gasteiger partial charge in [-0.2, -0.15) is 0 Å². The van der Waals surface area contributed by atoms with E-state index in [0.29, 0.717) is 6.54 Å². The summed E-state index contributed by atoms with van der Waals surface area (Å²) in [6, 6.07) is 0. The highest BCUT2D eigenvalue weighted by atomic mass is 16.3. The molecule has 0 aromatic rings. The number of aliphatic hydroxyl groups is 1. The van der Waals surface area contributed by atoms with E-state index in [2.05, 4.69) is 34.4 Å². The lowest BCUT2D eigenvalue weighted by atomic mass is 9.93. The van der Waals surface area contributed by atoms with Crippen LogP contribution in [-0.2, 0) is 4.79 Å². The molecule has 0 aliphatic carbocycles. The van der Waals surface area contributed by atoms with Gasteiger partial charge in [-0.3, -0.25) is 14.7 Å². The van der Waals surface area contributed by atoms with Crippen molar-refractivity contribution >= 4 is 11.9 Å². The molecule has 1 heterocycles. The number of piperazine rings is 1. The van der Waals surface area contributed by atoms with Crippen LogP contribution >= 0.6 is 0 Å². The van der Waals surface area contributed by atoms with Gasteiger partial charge < -0.3 is 20.6 Å². The summed E-state index contributed by atoms with van der Waals surface area (Å²) in [5.74, 6) is 0.927. The van der Waals surface area contributed by atoms with E-state index >= 15 is 0 Å². The monoisotopic (exact) mass is 369 g/mol. The van der Waals surface area contributed by atoms with E-state index in [0.717, 1.165) is 77.5 Å². The first-order valence-corrected chi connectivity index (χ1v) is 10.2. The average molecular weight is 370 g/mol. The third kappa shape index (κ3) is 8.36. The molecule has 0 atom stereocenters. The lowest BCUT2D eigenvalue weighted by molar-refractivity contribution is -0.130. The van der Waals surface area contributed by atoms with Crippen molar-refractivity contribution in [3.8, 4) is 0 Å². The average Bonchev–Trinajstić information content (AvgIpc) is 2.60. The Morgan fingerprint density at radius 3 is 2.19 bits per heavy atom. The third-order valence-electron chi connectivity index (χ3n) is 4.84. The number of nitrogens with one attached hydrogen (secondary N) is 2. The molecule has 0 spiro atoms. The number of hydrogen-bond donors (Lipinski definition) is 3. The van der Waals surface area contributed by atoms with Crippen molar-refractivity contribution in [3.63, 3.8) is 0 Å². The summed E-state index contributed by atoms with van der Waals surface area (Å²) in [6.45, 7) is 14.3. The molecule has 1 aliphatic rings. The summed E-state index contributed by atoms with van der Waals surface area (Å²) in [6.07, 6.45) is 3.48. The number of rotatable bonds is 10. The fraction of sp³-hybridized carbons (Fsp3) is 0.895. The van der Waals surface area contributed by atoms with E-state index < -0.39 is 5.60 Å². The molecule has 1 rings (SSSR count). The molecule has 0 radical (unpaired) electrons. The van der Waals surface area contributed by atoms with Crippen LogP contribution < -0.4 is 10.6 Å². The molecule has 1 saturated heterocycles. The minimum Gasteiger partial charge on any atom is -0.388 e. The van der Waals surface area contributed by atoms with Crippen LogP contribution in [0.1, 0.15) is 53.4 Å². The second-order valence-corrected chi connectivity index (χ2v) is 7.19. The Hall–Kier alpha value is -1.34. The van der Waals surface area contributed by atoms with Crippen LogP contribution in [0.2, 0.25) is 0 Å². The number of carbonyl (C=O) groups is 1. The second-order valence-electron chi connectivity index (χ2n) is 7.19. The maximum Gasteiger partial charge on any atom is 0.219 e. The highest BCUT2D eigenvalue weighted by Gasteiger charge is 2.24. The number of carbonyl (C=O) groups excluding carboxylic acids is 1. The molecule has 7 nitrogen and oxygen atoms in total. The minimum absolute atomic E-state index is 0.163. The first-order valence-electron chi connectivity index (χ1n) is 10.2. The van der Waals surface area contributed by atoms with E-state index in [9.17, 15) is 9.90 Å². The van der Waals surface area contributed by atoms with Crippen LogP contribution in [0.25, 0.3) is 0 Å². The lowest BCUT2D eigenvalue weighted by Gasteiger charge is -2.34. The zero-order valence-corrected chi connectivity index (χ0v) is 17.2. The maximum absolute atomic E-state index is 11.4. The first kappa shape index (κ1) is 22.7. The zero-order valence-electron chi connectivity index (χ0n) is 17.2. The van der Waals surface area contributed by atoms with Gasteiger partial charge in [0.1, 0.15) is 0 Å². The van der Waals surface area contributed by atoms with E-state index in [-0.39, 0.29) is 5.91 Å². The molecular formula is C19H39N5O2. The summed E-state index contributed by atoms with van der Waals surface area (Å²) in [7, 11) is 0. The van der Waals surface area contributed by atoms with Gasteiger partial charge in [-0.15, -0.1) is 0 Å². The van der Waals surface area contributed by atoms with Crippen LogP contribution in [0, 0.1) is 0 Å². The topological polar surface area (TPSA) is 80.2 Å². The van der Waals surface area contributed by atoms with Gasteiger partial charge in [0.2, 0.25) is 5.91 Å². The molecule has 0 aromatic heterocycles. The van der Waals surface area contributed by atoms with E-state index in [1.807, 2.05) is 11.8 Å². The normalized spacial score (nSPS) is 16.7. The Morgan fingerprint density at radius 2 is 1.69 bits per heavy atom. The Kier molecular flexibility index (Phi) is 10.6. The second kappa shape index (κ2) is 12.1. The van der Waals surface area contributed by atoms with Crippen LogP contribution in [0.15, 0.2) is 4.99 Å². The summed E-state index contributed by atoms with van der Waals surface area (Å²) >= 11 is 0. The van der Waals surface area contributed by atoms with E-state index in [1.165, 1.54) is 0 Å². The first-order chi connectivity index (χ1) is 12.4. The smallest absolute Gasteiger partial charge is 0.219 e. The molecule has 1 fully saturated rings. The predicted octanol–water partition coefficient (Wildman–Crippen LogP) is 1.04. The van der Waals surface area contributed by atoms with Gasteiger partial charge in [-0.1, -0.05) is 26.7 Å². The fourth-order valence-electron chi connectivity index (χ4n) is 3.40. The van der Waals surface area contributed by atoms with Gasteiger partial charge in [0.25, 0.3) is 0 Å². The van der Waals surface area contributed by atoms with E-state index in [1.54, 1.807) is 6.92 Å². The number of aliphatic imine (C=N–C) groups is 1. The van der Waals surface area contributed by atoms with E-state index in [4.69, 9.17) is 0 Å². The van der Waals surface area contributed by atoms with Gasteiger partial charge in [0.15, 0.2) is 5.96 Å². The number of hydrogen-bond acceptors (Lipinski definition) is 4. The summed E-state index contributed by atoms with van der Waals surface area (Å²) in [4.78, 5) is 20.3. The highest BCUT2D eigenvalue weighted by Crippen LogP contribution is 2.19. The minimum atomic E-state index is -0.700. The van der Waals surface area contributed by atoms with Crippen LogP contribution in [0.5, 0.6) is 0 Å². The van der Waals surface area contributed by atoms with Gasteiger partial charge >= 0.3 is 0 Å². The van der Waals surface area contributed by atoms with Gasteiger partial charge in [-0.25, -0.2) is 0 Å². The summed E-state index contributed by atoms with van der Waals surface area (Å²) in [5, 5.41) is 17.3. The quantitative estimate of drug-likeness (QED) is 0.396. The highest BCUT2D eigenvalue weighted by molar-refractivity contribution is 5.79. The molecular weight excluding hydrogens is 330 g/mol. The van der Waals surface area contributed by atoms with Crippen molar-refractivity contribution in [2.75, 3.05) is 52.4 Å². The molecule has 0 saturated carbocycles. The van der Waals surface area contributed by atoms with Crippen molar-refractivity contribution in [3.05, 3.63) is 0 Å².